The topological polar surface area (TPSA) is 24.9 Å². The van der Waals surface area contributed by atoms with E-state index in [0.29, 0.717) is 0 Å². The van der Waals surface area contributed by atoms with Crippen molar-refractivity contribution >= 4 is 0 Å². The highest BCUT2D eigenvalue weighted by molar-refractivity contribution is 5.15. The second-order valence-corrected chi connectivity index (χ2v) is 4.24. The second-order valence-electron chi connectivity index (χ2n) is 4.24. The van der Waals surface area contributed by atoms with Crippen molar-refractivity contribution in [1.82, 2.24) is 10.3 Å². The molecule has 2 atom stereocenters. The molecule has 82 valence electrons. The number of nitrogens with zero attached hydrogens (tertiary/aromatic N) is 1. The summed E-state index contributed by atoms with van der Waals surface area (Å²) in [4.78, 5) is 3.90. The van der Waals surface area contributed by atoms with Gasteiger partial charge in [-0.25, -0.2) is 4.39 Å². The molecule has 0 saturated carbocycles. The maximum absolute atomic E-state index is 13.0. The Bertz CT molecular complexity index is 327. The molecule has 0 aliphatic carbocycles. The zero-order chi connectivity index (χ0) is 10.7. The smallest absolute Gasteiger partial charge is 0.141 e. The molecule has 0 radical (unpaired) electrons. The van der Waals surface area contributed by atoms with Crippen molar-refractivity contribution in [2.24, 2.45) is 5.92 Å². The molecule has 2 unspecified atom stereocenters. The highest BCUT2D eigenvalue weighted by Crippen LogP contribution is 2.28. The van der Waals surface area contributed by atoms with Crippen LogP contribution < -0.4 is 5.32 Å². The molecule has 1 aromatic rings. The Kier molecular flexibility index (Phi) is 3.31. The van der Waals surface area contributed by atoms with Gasteiger partial charge in [0.15, 0.2) is 0 Å². The Labute approximate surface area is 89.9 Å². The number of nitrogens with one attached hydrogen (secondary N) is 1. The summed E-state index contributed by atoms with van der Waals surface area (Å²) < 4.78 is 13.0. The van der Waals surface area contributed by atoms with Crippen LogP contribution in [-0.2, 0) is 0 Å². The van der Waals surface area contributed by atoms with Crippen molar-refractivity contribution in [2.45, 2.75) is 32.2 Å². The lowest BCUT2D eigenvalue weighted by molar-refractivity contribution is 0.298. The number of rotatable bonds is 2. The molecule has 1 fully saturated rings. The van der Waals surface area contributed by atoms with Gasteiger partial charge in [0.2, 0.25) is 0 Å². The van der Waals surface area contributed by atoms with Crippen LogP contribution in [0.2, 0.25) is 0 Å². The van der Waals surface area contributed by atoms with Crippen LogP contribution in [0.15, 0.2) is 18.5 Å². The first-order chi connectivity index (χ1) is 7.29. The Morgan fingerprint density at radius 3 is 3.13 bits per heavy atom. The average Bonchev–Trinajstić information content (AvgIpc) is 2.29. The average molecular weight is 208 g/mol. The summed E-state index contributed by atoms with van der Waals surface area (Å²) in [7, 11) is 0. The third-order valence-electron chi connectivity index (χ3n) is 3.22. The number of pyridine rings is 1. The van der Waals surface area contributed by atoms with Crippen molar-refractivity contribution in [3.05, 3.63) is 29.8 Å². The maximum Gasteiger partial charge on any atom is 0.141 e. The fourth-order valence-electron chi connectivity index (χ4n) is 2.24. The molecule has 1 aliphatic rings. The van der Waals surface area contributed by atoms with E-state index in [1.165, 1.54) is 19.0 Å². The minimum Gasteiger partial charge on any atom is -0.310 e. The van der Waals surface area contributed by atoms with E-state index >= 15 is 0 Å². The predicted octanol–water partition coefficient (Wildman–Crippen LogP) is 2.67. The summed E-state index contributed by atoms with van der Waals surface area (Å²) in [5.74, 6) is 0.521. The highest BCUT2D eigenvalue weighted by Gasteiger charge is 2.21. The predicted molar refractivity (Wildman–Crippen MR) is 58.0 cm³/mol. The molecule has 0 bridgehead atoms. The van der Waals surface area contributed by atoms with Crippen LogP contribution in [-0.4, -0.2) is 11.5 Å². The van der Waals surface area contributed by atoms with Crippen molar-refractivity contribution < 1.29 is 4.39 Å². The van der Waals surface area contributed by atoms with Crippen molar-refractivity contribution in [3.63, 3.8) is 0 Å². The van der Waals surface area contributed by atoms with Crippen LogP contribution in [0, 0.1) is 11.7 Å². The van der Waals surface area contributed by atoms with E-state index in [1.807, 2.05) is 0 Å². The largest absolute Gasteiger partial charge is 0.310 e. The van der Waals surface area contributed by atoms with Crippen LogP contribution in [0.4, 0.5) is 4.39 Å². The lowest BCUT2D eigenvalue weighted by Gasteiger charge is -2.29. The highest BCUT2D eigenvalue weighted by atomic mass is 19.1. The first-order valence-electron chi connectivity index (χ1n) is 5.63. The molecule has 1 aliphatic heterocycles. The first-order valence-corrected chi connectivity index (χ1v) is 5.63. The van der Waals surface area contributed by atoms with E-state index in [0.717, 1.165) is 24.4 Å². The quantitative estimate of drug-likeness (QED) is 0.808. The molecule has 2 nitrogen and oxygen atoms in total. The summed E-state index contributed by atoms with van der Waals surface area (Å²) in [6.07, 6.45) is 6.56. The van der Waals surface area contributed by atoms with E-state index in [2.05, 4.69) is 17.2 Å². The molecule has 2 heterocycles. The number of aromatic nitrogens is 1. The van der Waals surface area contributed by atoms with E-state index < -0.39 is 0 Å². The van der Waals surface area contributed by atoms with Crippen molar-refractivity contribution in [3.8, 4) is 0 Å². The minimum absolute atomic E-state index is 0.243. The third-order valence-corrected chi connectivity index (χ3v) is 3.22. The molecule has 3 heteroatoms. The van der Waals surface area contributed by atoms with Crippen LogP contribution in [0.25, 0.3) is 0 Å². The Morgan fingerprint density at radius 1 is 1.53 bits per heavy atom. The second kappa shape index (κ2) is 4.71. The fourth-order valence-corrected chi connectivity index (χ4v) is 2.24. The van der Waals surface area contributed by atoms with E-state index in [1.54, 1.807) is 12.3 Å². The van der Waals surface area contributed by atoms with Crippen LogP contribution in [0.5, 0.6) is 0 Å². The number of hydrogen-bond acceptors (Lipinski definition) is 2. The number of halogens is 1. The zero-order valence-corrected chi connectivity index (χ0v) is 9.04. The van der Waals surface area contributed by atoms with Gasteiger partial charge in [-0.15, -0.1) is 0 Å². The van der Waals surface area contributed by atoms with Crippen molar-refractivity contribution in [2.75, 3.05) is 6.54 Å². The molecule has 0 spiro atoms. The monoisotopic (exact) mass is 208 g/mol. The van der Waals surface area contributed by atoms with Gasteiger partial charge < -0.3 is 5.32 Å². The normalized spacial score (nSPS) is 26.5. The van der Waals surface area contributed by atoms with Gasteiger partial charge in [0.05, 0.1) is 6.20 Å². The Morgan fingerprint density at radius 2 is 2.40 bits per heavy atom. The van der Waals surface area contributed by atoms with Gasteiger partial charge in [-0.1, -0.05) is 13.3 Å². The van der Waals surface area contributed by atoms with Gasteiger partial charge >= 0.3 is 0 Å². The molecule has 15 heavy (non-hydrogen) atoms. The molecule has 1 aromatic heterocycles. The molecule has 0 aromatic carbocycles. The lowest BCUT2D eigenvalue weighted by atomic mass is 9.88. The van der Waals surface area contributed by atoms with Gasteiger partial charge in [-0.3, -0.25) is 4.98 Å². The molecular formula is C12H17FN2. The fraction of sp³-hybridized carbons (Fsp3) is 0.583. The maximum atomic E-state index is 13.0. The third kappa shape index (κ3) is 2.53. The molecule has 1 saturated heterocycles. The van der Waals surface area contributed by atoms with E-state index in [-0.39, 0.29) is 11.9 Å². The van der Waals surface area contributed by atoms with Crippen LogP contribution in [0.3, 0.4) is 0 Å². The number of piperidine rings is 1. The van der Waals surface area contributed by atoms with Gasteiger partial charge in [0.1, 0.15) is 5.82 Å². The SMILES string of the molecule is CCC1CCNC(c2cncc(F)c2)C1. The van der Waals surface area contributed by atoms with Crippen LogP contribution >= 0.6 is 0 Å². The Hall–Kier alpha value is -0.960. The summed E-state index contributed by atoms with van der Waals surface area (Å²) in [5.41, 5.74) is 0.980. The molecule has 1 N–H and O–H groups in total. The van der Waals surface area contributed by atoms with Crippen molar-refractivity contribution in [1.29, 1.82) is 0 Å². The molecular weight excluding hydrogens is 191 g/mol. The summed E-state index contributed by atoms with van der Waals surface area (Å²) in [6.45, 7) is 3.25. The van der Waals surface area contributed by atoms with Crippen LogP contribution in [0.1, 0.15) is 37.8 Å². The van der Waals surface area contributed by atoms with E-state index in [9.17, 15) is 4.39 Å². The minimum atomic E-state index is -0.243. The molecule has 2 rings (SSSR count). The van der Waals surface area contributed by atoms with E-state index in [4.69, 9.17) is 0 Å². The first kappa shape index (κ1) is 10.6. The lowest BCUT2D eigenvalue weighted by Crippen LogP contribution is -2.31. The number of hydrogen-bond donors (Lipinski definition) is 1. The van der Waals surface area contributed by atoms with Gasteiger partial charge in [0.25, 0.3) is 0 Å². The standard InChI is InChI=1S/C12H17FN2/c1-2-9-3-4-15-12(5-9)10-6-11(13)8-14-7-10/h6-9,12,15H,2-5H2,1H3. The van der Waals surface area contributed by atoms with Gasteiger partial charge in [0, 0.05) is 12.2 Å². The van der Waals surface area contributed by atoms with Gasteiger partial charge in [-0.05, 0) is 36.9 Å². The van der Waals surface area contributed by atoms with Gasteiger partial charge in [-0.2, -0.15) is 0 Å². The molecule has 0 amide bonds. The summed E-state index contributed by atoms with van der Waals surface area (Å²) in [5, 5.41) is 3.42. The zero-order valence-electron chi connectivity index (χ0n) is 9.04. The summed E-state index contributed by atoms with van der Waals surface area (Å²) >= 11 is 0. The Balaban J connectivity index is 2.09. The summed E-state index contributed by atoms with van der Waals surface area (Å²) in [6, 6.07) is 1.87.